The Morgan fingerprint density at radius 3 is 2.80 bits per heavy atom. The number of halogens is 1. The van der Waals surface area contributed by atoms with Crippen LogP contribution in [0.2, 0.25) is 0 Å². The van der Waals surface area contributed by atoms with Crippen molar-refractivity contribution in [1.29, 1.82) is 0 Å². The first-order valence-electron chi connectivity index (χ1n) is 4.50. The lowest BCUT2D eigenvalue weighted by atomic mass is 10.2. The number of amides is 1. The summed E-state index contributed by atoms with van der Waals surface area (Å²) in [6.45, 7) is 1.96. The van der Waals surface area contributed by atoms with Crippen molar-refractivity contribution < 1.29 is 4.79 Å². The fourth-order valence-corrected chi connectivity index (χ4v) is 1.66. The first kappa shape index (κ1) is 10.2. The van der Waals surface area contributed by atoms with Crippen LogP contribution in [0.1, 0.15) is 12.0 Å². The molecule has 0 aliphatic carbocycles. The van der Waals surface area contributed by atoms with Crippen molar-refractivity contribution >= 4 is 33.4 Å². The Kier molecular flexibility index (Phi) is 2.48. The average Bonchev–Trinajstić information content (AvgIpc) is 2.50. The third-order valence-corrected chi connectivity index (χ3v) is 3.07. The van der Waals surface area contributed by atoms with Gasteiger partial charge in [0.15, 0.2) is 0 Å². The van der Waals surface area contributed by atoms with E-state index < -0.39 is 0 Å². The number of benzene rings is 1. The second-order valence-electron chi connectivity index (χ2n) is 3.41. The standard InChI is InChI=1S/C10H10BrN3O/c1-6-4-7(2-3-8(6)11)14-10(15)5-9(12)13-14/h2-4H,5H2,1H3,(H2,12,13). The smallest absolute Gasteiger partial charge is 0.255 e. The molecule has 0 saturated carbocycles. The van der Waals surface area contributed by atoms with Crippen molar-refractivity contribution in [2.45, 2.75) is 13.3 Å². The van der Waals surface area contributed by atoms with Gasteiger partial charge in [-0.2, -0.15) is 10.1 Å². The van der Waals surface area contributed by atoms with Gasteiger partial charge in [0.25, 0.3) is 5.91 Å². The molecule has 0 spiro atoms. The molecule has 4 nitrogen and oxygen atoms in total. The number of aryl methyl sites for hydroxylation is 1. The largest absolute Gasteiger partial charge is 0.385 e. The molecule has 0 aromatic heterocycles. The molecule has 2 rings (SSSR count). The van der Waals surface area contributed by atoms with Crippen LogP contribution in [0.25, 0.3) is 0 Å². The zero-order valence-corrected chi connectivity index (χ0v) is 9.78. The highest BCUT2D eigenvalue weighted by molar-refractivity contribution is 9.10. The Hall–Kier alpha value is -1.36. The zero-order valence-electron chi connectivity index (χ0n) is 8.20. The van der Waals surface area contributed by atoms with Gasteiger partial charge >= 0.3 is 0 Å². The van der Waals surface area contributed by atoms with Crippen molar-refractivity contribution in [3.05, 3.63) is 28.2 Å². The third-order valence-electron chi connectivity index (χ3n) is 2.18. The summed E-state index contributed by atoms with van der Waals surface area (Å²) in [6, 6.07) is 5.61. The first-order chi connectivity index (χ1) is 7.08. The van der Waals surface area contributed by atoms with Gasteiger partial charge in [-0.05, 0) is 30.7 Å². The van der Waals surface area contributed by atoms with Crippen LogP contribution in [0.15, 0.2) is 27.8 Å². The van der Waals surface area contributed by atoms with Gasteiger partial charge in [0.2, 0.25) is 0 Å². The number of carbonyl (C=O) groups is 1. The second kappa shape index (κ2) is 3.66. The van der Waals surface area contributed by atoms with E-state index >= 15 is 0 Å². The Morgan fingerprint density at radius 1 is 1.53 bits per heavy atom. The molecule has 0 radical (unpaired) electrons. The van der Waals surface area contributed by atoms with E-state index in [1.165, 1.54) is 5.01 Å². The number of carbonyl (C=O) groups excluding carboxylic acids is 1. The minimum absolute atomic E-state index is 0.0887. The first-order valence-corrected chi connectivity index (χ1v) is 5.29. The van der Waals surface area contributed by atoms with E-state index in [1.54, 1.807) is 0 Å². The van der Waals surface area contributed by atoms with Crippen LogP contribution < -0.4 is 10.7 Å². The van der Waals surface area contributed by atoms with Crippen molar-refractivity contribution in [3.8, 4) is 0 Å². The summed E-state index contributed by atoms with van der Waals surface area (Å²) in [5, 5.41) is 5.32. The van der Waals surface area contributed by atoms with E-state index in [4.69, 9.17) is 5.73 Å². The van der Waals surface area contributed by atoms with Gasteiger partial charge < -0.3 is 5.73 Å². The van der Waals surface area contributed by atoms with Crippen LogP contribution in [0.4, 0.5) is 5.69 Å². The highest BCUT2D eigenvalue weighted by Gasteiger charge is 2.23. The minimum Gasteiger partial charge on any atom is -0.385 e. The van der Waals surface area contributed by atoms with Crippen LogP contribution in [-0.2, 0) is 4.79 Å². The number of hydrogen-bond donors (Lipinski definition) is 1. The summed E-state index contributed by atoms with van der Waals surface area (Å²) in [6.07, 6.45) is 0.203. The van der Waals surface area contributed by atoms with E-state index in [2.05, 4.69) is 21.0 Å². The summed E-state index contributed by atoms with van der Waals surface area (Å²) in [5.41, 5.74) is 7.31. The van der Waals surface area contributed by atoms with Crippen molar-refractivity contribution in [1.82, 2.24) is 0 Å². The molecule has 1 heterocycles. The fourth-order valence-electron chi connectivity index (χ4n) is 1.41. The Balaban J connectivity index is 2.38. The van der Waals surface area contributed by atoms with E-state index in [0.717, 1.165) is 15.7 Å². The number of nitrogens with zero attached hydrogens (tertiary/aromatic N) is 2. The predicted molar refractivity (Wildman–Crippen MR) is 62.6 cm³/mol. The van der Waals surface area contributed by atoms with Crippen molar-refractivity contribution in [3.63, 3.8) is 0 Å². The molecule has 1 aromatic carbocycles. The van der Waals surface area contributed by atoms with Gasteiger partial charge in [0.05, 0.1) is 12.1 Å². The molecule has 15 heavy (non-hydrogen) atoms. The number of hydrogen-bond acceptors (Lipinski definition) is 3. The molecule has 0 bridgehead atoms. The van der Waals surface area contributed by atoms with Gasteiger partial charge in [0, 0.05) is 4.47 Å². The quantitative estimate of drug-likeness (QED) is 0.843. The second-order valence-corrected chi connectivity index (χ2v) is 4.26. The third kappa shape index (κ3) is 1.87. The number of nitrogens with two attached hydrogens (primary N) is 1. The summed E-state index contributed by atoms with van der Waals surface area (Å²) < 4.78 is 1.01. The van der Waals surface area contributed by atoms with Gasteiger partial charge in [-0.15, -0.1) is 0 Å². The SMILES string of the molecule is Cc1cc(N2N=C(N)CC2=O)ccc1Br. The van der Waals surface area contributed by atoms with Crippen molar-refractivity contribution in [2.24, 2.45) is 10.8 Å². The van der Waals surface area contributed by atoms with E-state index in [-0.39, 0.29) is 12.3 Å². The molecule has 5 heteroatoms. The molecular weight excluding hydrogens is 258 g/mol. The average molecular weight is 268 g/mol. The van der Waals surface area contributed by atoms with Crippen LogP contribution in [0.3, 0.4) is 0 Å². The maximum atomic E-state index is 11.5. The maximum absolute atomic E-state index is 11.5. The lowest BCUT2D eigenvalue weighted by Crippen LogP contribution is -2.19. The van der Waals surface area contributed by atoms with Crippen LogP contribution in [0.5, 0.6) is 0 Å². The van der Waals surface area contributed by atoms with Crippen LogP contribution in [-0.4, -0.2) is 11.7 Å². The summed E-state index contributed by atoms with van der Waals surface area (Å²) in [4.78, 5) is 11.5. The maximum Gasteiger partial charge on any atom is 0.255 e. The summed E-state index contributed by atoms with van der Waals surface area (Å²) >= 11 is 3.40. The number of hydrazone groups is 1. The van der Waals surface area contributed by atoms with E-state index in [9.17, 15) is 4.79 Å². The molecule has 0 atom stereocenters. The van der Waals surface area contributed by atoms with Crippen LogP contribution in [0, 0.1) is 6.92 Å². The molecule has 2 N–H and O–H groups in total. The summed E-state index contributed by atoms with van der Waals surface area (Å²) in [7, 11) is 0. The predicted octanol–water partition coefficient (Wildman–Crippen LogP) is 1.77. The highest BCUT2D eigenvalue weighted by Crippen LogP contribution is 2.25. The van der Waals surface area contributed by atoms with E-state index in [1.807, 2.05) is 25.1 Å². The lowest BCUT2D eigenvalue weighted by Gasteiger charge is -2.12. The molecule has 1 amide bonds. The Morgan fingerprint density at radius 2 is 2.27 bits per heavy atom. The highest BCUT2D eigenvalue weighted by atomic mass is 79.9. The Labute approximate surface area is 95.9 Å². The van der Waals surface area contributed by atoms with Gasteiger partial charge in [-0.25, -0.2) is 0 Å². The summed E-state index contributed by atoms with van der Waals surface area (Å²) in [5.74, 6) is 0.273. The fraction of sp³-hybridized carbons (Fsp3) is 0.200. The molecule has 1 aromatic rings. The number of amidine groups is 1. The normalized spacial score (nSPS) is 15.7. The number of rotatable bonds is 1. The van der Waals surface area contributed by atoms with Gasteiger partial charge in [-0.3, -0.25) is 4.79 Å². The number of anilines is 1. The zero-order chi connectivity index (χ0) is 11.0. The monoisotopic (exact) mass is 267 g/mol. The molecule has 1 aliphatic rings. The van der Waals surface area contributed by atoms with E-state index in [0.29, 0.717) is 5.84 Å². The minimum atomic E-state index is -0.0887. The Bertz CT molecular complexity index is 456. The molecule has 78 valence electrons. The molecule has 0 fully saturated rings. The lowest BCUT2D eigenvalue weighted by molar-refractivity contribution is -0.116. The topological polar surface area (TPSA) is 58.7 Å². The molecule has 0 unspecified atom stereocenters. The molecular formula is C10H10BrN3O. The molecule has 1 aliphatic heterocycles. The van der Waals surface area contributed by atoms with Gasteiger partial charge in [-0.1, -0.05) is 15.9 Å². The van der Waals surface area contributed by atoms with Crippen molar-refractivity contribution in [2.75, 3.05) is 5.01 Å². The molecule has 0 saturated heterocycles. The van der Waals surface area contributed by atoms with Gasteiger partial charge in [0.1, 0.15) is 5.84 Å². The van der Waals surface area contributed by atoms with Crippen LogP contribution >= 0.6 is 15.9 Å².